The van der Waals surface area contributed by atoms with Crippen LogP contribution in [0, 0.1) is 16.0 Å². The number of nitro benzene ring substituents is 1. The third-order valence-electron chi connectivity index (χ3n) is 4.44. The molecule has 144 valence electrons. The molecule has 1 aliphatic heterocycles. The molecule has 2 rings (SSSR count). The Balaban J connectivity index is 2.04. The summed E-state index contributed by atoms with van der Waals surface area (Å²) in [5, 5.41) is 14.0. The highest BCUT2D eigenvalue weighted by Gasteiger charge is 2.23. The molecule has 0 spiro atoms. The van der Waals surface area contributed by atoms with E-state index in [1.54, 1.807) is 0 Å². The molecule has 1 aromatic carbocycles. The highest BCUT2D eigenvalue weighted by molar-refractivity contribution is 5.95. The van der Waals surface area contributed by atoms with E-state index >= 15 is 0 Å². The topological polar surface area (TPSA) is 93.9 Å². The van der Waals surface area contributed by atoms with Crippen molar-refractivity contribution in [2.45, 2.75) is 26.3 Å². The van der Waals surface area contributed by atoms with Gasteiger partial charge >= 0.3 is 5.69 Å². The van der Waals surface area contributed by atoms with Crippen LogP contribution in [0.15, 0.2) is 18.2 Å². The number of benzene rings is 1. The SMILES string of the molecule is COc1ccc(C(=O)NCC(CC(C)C)N2CCOCC2)cc1[N+](=O)[O-]. The highest BCUT2D eigenvalue weighted by Crippen LogP contribution is 2.27. The van der Waals surface area contributed by atoms with E-state index in [1.807, 2.05) is 0 Å². The lowest BCUT2D eigenvalue weighted by atomic mass is 10.0. The molecule has 0 aliphatic carbocycles. The van der Waals surface area contributed by atoms with Gasteiger partial charge in [0.15, 0.2) is 5.75 Å². The molecule has 8 heteroatoms. The standard InChI is InChI=1S/C18H27N3O5/c1-13(2)10-15(20-6-8-26-9-7-20)12-19-18(22)14-4-5-17(25-3)16(11-14)21(23)24/h4-5,11,13,15H,6-10,12H2,1-3H3,(H,19,22). The molecule has 1 fully saturated rings. The summed E-state index contributed by atoms with van der Waals surface area (Å²) in [5.74, 6) is 0.317. The van der Waals surface area contributed by atoms with Crippen LogP contribution >= 0.6 is 0 Å². The number of amides is 1. The first-order valence-corrected chi connectivity index (χ1v) is 8.84. The molecular formula is C18H27N3O5. The molecule has 1 heterocycles. The summed E-state index contributed by atoms with van der Waals surface area (Å²) >= 11 is 0. The number of carbonyl (C=O) groups excluding carboxylic acids is 1. The Morgan fingerprint density at radius 2 is 2.08 bits per heavy atom. The second kappa shape index (κ2) is 9.49. The van der Waals surface area contributed by atoms with Gasteiger partial charge in [-0.1, -0.05) is 13.8 Å². The van der Waals surface area contributed by atoms with Crippen molar-refractivity contribution >= 4 is 11.6 Å². The Bertz CT molecular complexity index is 629. The number of rotatable bonds is 8. The molecule has 0 radical (unpaired) electrons. The van der Waals surface area contributed by atoms with Gasteiger partial charge in [-0.25, -0.2) is 0 Å². The van der Waals surface area contributed by atoms with Crippen molar-refractivity contribution in [1.82, 2.24) is 10.2 Å². The smallest absolute Gasteiger partial charge is 0.311 e. The molecule has 1 aromatic rings. The summed E-state index contributed by atoms with van der Waals surface area (Å²) in [5.41, 5.74) is 0.0369. The number of carbonyl (C=O) groups is 1. The molecule has 1 unspecified atom stereocenters. The summed E-state index contributed by atoms with van der Waals surface area (Å²) < 4.78 is 10.4. The van der Waals surface area contributed by atoms with E-state index in [9.17, 15) is 14.9 Å². The van der Waals surface area contributed by atoms with E-state index in [1.165, 1.54) is 25.3 Å². The first kappa shape index (κ1) is 20.1. The Kier molecular flexibility index (Phi) is 7.35. The van der Waals surface area contributed by atoms with Gasteiger partial charge in [0.25, 0.3) is 5.91 Å². The summed E-state index contributed by atoms with van der Waals surface area (Å²) in [4.78, 5) is 25.4. The maximum absolute atomic E-state index is 12.5. The summed E-state index contributed by atoms with van der Waals surface area (Å²) in [6.45, 7) is 7.91. The van der Waals surface area contributed by atoms with Crippen LogP contribution in [-0.4, -0.2) is 61.7 Å². The minimum Gasteiger partial charge on any atom is -0.490 e. The average Bonchev–Trinajstić information content (AvgIpc) is 2.64. The Morgan fingerprint density at radius 3 is 2.65 bits per heavy atom. The van der Waals surface area contributed by atoms with Crippen molar-refractivity contribution < 1.29 is 19.2 Å². The van der Waals surface area contributed by atoms with Crippen LogP contribution in [0.5, 0.6) is 5.75 Å². The number of methoxy groups -OCH3 is 1. The van der Waals surface area contributed by atoms with E-state index in [-0.39, 0.29) is 28.9 Å². The predicted octanol–water partition coefficient (Wildman–Crippen LogP) is 2.08. The molecular weight excluding hydrogens is 338 g/mol. The fraction of sp³-hybridized carbons (Fsp3) is 0.611. The van der Waals surface area contributed by atoms with E-state index in [2.05, 4.69) is 24.1 Å². The minimum atomic E-state index is -0.551. The average molecular weight is 365 g/mol. The molecule has 8 nitrogen and oxygen atoms in total. The minimum absolute atomic E-state index is 0.137. The zero-order valence-corrected chi connectivity index (χ0v) is 15.6. The first-order chi connectivity index (χ1) is 12.4. The van der Waals surface area contributed by atoms with Gasteiger partial charge in [-0.2, -0.15) is 0 Å². The monoisotopic (exact) mass is 365 g/mol. The number of nitro groups is 1. The van der Waals surface area contributed by atoms with Crippen molar-refractivity contribution in [2.24, 2.45) is 5.92 Å². The molecule has 0 saturated carbocycles. The molecule has 1 atom stereocenters. The Labute approximate surface area is 153 Å². The van der Waals surface area contributed by atoms with Gasteiger partial charge in [-0.05, 0) is 24.5 Å². The van der Waals surface area contributed by atoms with Crippen molar-refractivity contribution in [1.29, 1.82) is 0 Å². The maximum atomic E-state index is 12.5. The zero-order chi connectivity index (χ0) is 19.1. The summed E-state index contributed by atoms with van der Waals surface area (Å²) in [6, 6.07) is 4.45. The van der Waals surface area contributed by atoms with Crippen LogP contribution in [-0.2, 0) is 4.74 Å². The van der Waals surface area contributed by atoms with Crippen LogP contribution in [0.4, 0.5) is 5.69 Å². The summed E-state index contributed by atoms with van der Waals surface area (Å²) in [7, 11) is 1.36. The third kappa shape index (κ3) is 5.40. The van der Waals surface area contributed by atoms with Crippen LogP contribution in [0.1, 0.15) is 30.6 Å². The number of hydrogen-bond acceptors (Lipinski definition) is 6. The molecule has 0 bridgehead atoms. The van der Waals surface area contributed by atoms with Gasteiger partial charge in [0.05, 0.1) is 25.2 Å². The van der Waals surface area contributed by atoms with Crippen LogP contribution in [0.25, 0.3) is 0 Å². The number of nitrogens with zero attached hydrogens (tertiary/aromatic N) is 2. The quantitative estimate of drug-likeness (QED) is 0.560. The Morgan fingerprint density at radius 1 is 1.38 bits per heavy atom. The molecule has 26 heavy (non-hydrogen) atoms. The van der Waals surface area contributed by atoms with Gasteiger partial charge in [0.2, 0.25) is 0 Å². The van der Waals surface area contributed by atoms with Gasteiger partial charge in [-0.15, -0.1) is 0 Å². The second-order valence-electron chi connectivity index (χ2n) is 6.79. The fourth-order valence-corrected chi connectivity index (χ4v) is 3.13. The molecule has 1 aliphatic rings. The van der Waals surface area contributed by atoms with Gasteiger partial charge in [0.1, 0.15) is 0 Å². The zero-order valence-electron chi connectivity index (χ0n) is 15.6. The van der Waals surface area contributed by atoms with Crippen LogP contribution in [0.2, 0.25) is 0 Å². The van der Waals surface area contributed by atoms with E-state index in [0.717, 1.165) is 19.5 Å². The van der Waals surface area contributed by atoms with Gasteiger partial charge in [-0.3, -0.25) is 19.8 Å². The van der Waals surface area contributed by atoms with Gasteiger partial charge in [0, 0.05) is 37.3 Å². The van der Waals surface area contributed by atoms with Crippen LogP contribution in [0.3, 0.4) is 0 Å². The molecule has 1 saturated heterocycles. The van der Waals surface area contributed by atoms with Crippen molar-refractivity contribution in [3.05, 3.63) is 33.9 Å². The Hall–Kier alpha value is -2.19. The number of nitrogens with one attached hydrogen (secondary N) is 1. The second-order valence-corrected chi connectivity index (χ2v) is 6.79. The van der Waals surface area contributed by atoms with Crippen molar-refractivity contribution in [3.63, 3.8) is 0 Å². The maximum Gasteiger partial charge on any atom is 0.311 e. The lowest BCUT2D eigenvalue weighted by Crippen LogP contribution is -2.49. The first-order valence-electron chi connectivity index (χ1n) is 8.84. The van der Waals surface area contributed by atoms with Crippen molar-refractivity contribution in [3.8, 4) is 5.75 Å². The van der Waals surface area contributed by atoms with Crippen molar-refractivity contribution in [2.75, 3.05) is 40.0 Å². The third-order valence-corrected chi connectivity index (χ3v) is 4.44. The number of hydrogen-bond donors (Lipinski definition) is 1. The molecule has 1 N–H and O–H groups in total. The van der Waals surface area contributed by atoms with E-state index in [4.69, 9.17) is 9.47 Å². The molecule has 0 aromatic heterocycles. The normalized spacial score (nSPS) is 16.3. The predicted molar refractivity (Wildman–Crippen MR) is 97.6 cm³/mol. The number of morpholine rings is 1. The lowest BCUT2D eigenvalue weighted by molar-refractivity contribution is -0.385. The summed E-state index contributed by atoms with van der Waals surface area (Å²) in [6.07, 6.45) is 0.961. The van der Waals surface area contributed by atoms with E-state index < -0.39 is 4.92 Å². The van der Waals surface area contributed by atoms with E-state index in [0.29, 0.717) is 25.7 Å². The largest absolute Gasteiger partial charge is 0.490 e. The van der Waals surface area contributed by atoms with Crippen LogP contribution < -0.4 is 10.1 Å². The van der Waals surface area contributed by atoms with Gasteiger partial charge < -0.3 is 14.8 Å². The lowest BCUT2D eigenvalue weighted by Gasteiger charge is -2.35. The molecule has 1 amide bonds. The fourth-order valence-electron chi connectivity index (χ4n) is 3.13. The number of ether oxygens (including phenoxy) is 2. The highest BCUT2D eigenvalue weighted by atomic mass is 16.6.